The highest BCUT2D eigenvalue weighted by atomic mass is 16.3. The molecule has 0 bridgehead atoms. The predicted octanol–water partition coefficient (Wildman–Crippen LogP) is 8.87. The highest BCUT2D eigenvalue weighted by Crippen LogP contribution is 2.55. The number of nitrogens with zero attached hydrogens (tertiary/aromatic N) is 2. The topological polar surface area (TPSA) is 26.7 Å². The van der Waals surface area contributed by atoms with Crippen LogP contribution < -0.4 is 0 Å². The lowest BCUT2D eigenvalue weighted by atomic mass is 9.59. The number of likely N-dealkylation sites (tertiary alicyclic amines) is 2. The van der Waals surface area contributed by atoms with Crippen LogP contribution in [0.5, 0.6) is 5.75 Å². The number of phenolic OH excluding ortho intramolecular Hbond substituents is 1. The molecule has 2 fully saturated rings. The molecule has 1 N–H and O–H groups in total. The van der Waals surface area contributed by atoms with E-state index in [1.807, 2.05) is 0 Å². The quantitative estimate of drug-likeness (QED) is 0.426. The second kappa shape index (κ2) is 9.51. The average molecular weight is 527 g/mol. The molecule has 38 heavy (non-hydrogen) atoms. The van der Waals surface area contributed by atoms with E-state index in [1.54, 1.807) is 0 Å². The molecule has 0 spiro atoms. The van der Waals surface area contributed by atoms with Crippen LogP contribution in [0.25, 0.3) is 0 Å². The Morgan fingerprint density at radius 3 is 1.13 bits per heavy atom. The van der Waals surface area contributed by atoms with Crippen LogP contribution in [0, 0.1) is 11.8 Å². The second-order valence-electron chi connectivity index (χ2n) is 17.7. The van der Waals surface area contributed by atoms with Crippen molar-refractivity contribution in [3.63, 3.8) is 0 Å². The third-order valence-corrected chi connectivity index (χ3v) is 10.8. The number of phenols is 1. The SMILES string of the molecule is CN1C(C)(C)CC(C(c2cc(C(C)(C)C)c(O)c(C(C)(C)C)c2)C2CC(C)(C)N(C)C(C)(C)C2)CC1(C)C. The molecule has 1 aromatic carbocycles. The van der Waals surface area contributed by atoms with Crippen molar-refractivity contribution >= 4 is 0 Å². The summed E-state index contributed by atoms with van der Waals surface area (Å²) in [6.45, 7) is 33.0. The Hall–Kier alpha value is -1.06. The number of rotatable bonds is 3. The van der Waals surface area contributed by atoms with E-state index in [1.165, 1.54) is 31.2 Å². The van der Waals surface area contributed by atoms with Crippen LogP contribution in [0.15, 0.2) is 12.1 Å². The molecule has 2 saturated heterocycles. The Balaban J connectivity index is 2.30. The van der Waals surface area contributed by atoms with Gasteiger partial charge in [0.25, 0.3) is 0 Å². The zero-order chi connectivity index (χ0) is 29.4. The summed E-state index contributed by atoms with van der Waals surface area (Å²) in [5.41, 5.74) is 3.96. The van der Waals surface area contributed by atoms with Crippen LogP contribution in [0.1, 0.15) is 145 Å². The Bertz CT molecular complexity index is 904. The van der Waals surface area contributed by atoms with Gasteiger partial charge in [0.15, 0.2) is 0 Å². The monoisotopic (exact) mass is 526 g/mol. The van der Waals surface area contributed by atoms with Crippen LogP contribution >= 0.6 is 0 Å². The van der Waals surface area contributed by atoms with Crippen molar-refractivity contribution in [2.75, 3.05) is 14.1 Å². The van der Waals surface area contributed by atoms with Crippen LogP contribution in [-0.2, 0) is 10.8 Å². The molecule has 0 radical (unpaired) electrons. The van der Waals surface area contributed by atoms with Gasteiger partial charge in [-0.15, -0.1) is 0 Å². The van der Waals surface area contributed by atoms with Gasteiger partial charge in [-0.05, 0) is 140 Å². The number of piperidine rings is 2. The van der Waals surface area contributed by atoms with Gasteiger partial charge in [-0.25, -0.2) is 0 Å². The zero-order valence-electron chi connectivity index (χ0n) is 28.1. The van der Waals surface area contributed by atoms with Crippen molar-refractivity contribution < 1.29 is 5.11 Å². The van der Waals surface area contributed by atoms with Gasteiger partial charge in [0, 0.05) is 22.2 Å². The Morgan fingerprint density at radius 1 is 0.632 bits per heavy atom. The van der Waals surface area contributed by atoms with Crippen molar-refractivity contribution in [2.45, 2.75) is 162 Å². The summed E-state index contributed by atoms with van der Waals surface area (Å²) < 4.78 is 0. The maximum absolute atomic E-state index is 11.6. The smallest absolute Gasteiger partial charge is 0.123 e. The normalized spacial score (nSPS) is 25.2. The van der Waals surface area contributed by atoms with Crippen LogP contribution in [0.4, 0.5) is 0 Å². The maximum atomic E-state index is 11.6. The summed E-state index contributed by atoms with van der Waals surface area (Å²) in [7, 11) is 4.64. The molecule has 0 aliphatic carbocycles. The summed E-state index contributed by atoms with van der Waals surface area (Å²) in [5.74, 6) is 2.13. The van der Waals surface area contributed by atoms with Gasteiger partial charge in [-0.2, -0.15) is 0 Å². The molecule has 0 aromatic heterocycles. The lowest BCUT2D eigenvalue weighted by molar-refractivity contribution is -0.0677. The minimum atomic E-state index is -0.124. The molecule has 2 aliphatic heterocycles. The largest absolute Gasteiger partial charge is 0.507 e. The van der Waals surface area contributed by atoms with Gasteiger partial charge in [0.2, 0.25) is 0 Å². The van der Waals surface area contributed by atoms with E-state index in [4.69, 9.17) is 0 Å². The van der Waals surface area contributed by atoms with Crippen molar-refractivity contribution in [3.8, 4) is 5.75 Å². The molecule has 0 saturated carbocycles. The summed E-state index contributed by atoms with van der Waals surface area (Å²) in [6, 6.07) is 4.82. The van der Waals surface area contributed by atoms with Crippen molar-refractivity contribution in [2.24, 2.45) is 11.8 Å². The summed E-state index contributed by atoms with van der Waals surface area (Å²) >= 11 is 0. The molecule has 3 heteroatoms. The van der Waals surface area contributed by atoms with E-state index in [2.05, 4.69) is 133 Å². The van der Waals surface area contributed by atoms with Crippen LogP contribution in [-0.4, -0.2) is 51.2 Å². The number of benzene rings is 1. The van der Waals surface area contributed by atoms with E-state index >= 15 is 0 Å². The molecule has 0 unspecified atom stereocenters. The van der Waals surface area contributed by atoms with Crippen molar-refractivity contribution in [3.05, 3.63) is 28.8 Å². The average Bonchev–Trinajstić information content (AvgIpc) is 2.69. The molecular formula is C35H62N2O. The standard InChI is InChI=1S/C35H62N2O/c1-30(2,3)26-17-23(18-27(29(26)38)31(4,5)6)28(24-19-32(7,8)36(15)33(9,10)20-24)25-21-34(11,12)37(16)35(13,14)22-25/h17-18,24-25,28,38H,19-22H2,1-16H3. The second-order valence-corrected chi connectivity index (χ2v) is 17.7. The number of hydrogen-bond acceptors (Lipinski definition) is 3. The van der Waals surface area contributed by atoms with E-state index < -0.39 is 0 Å². The first-order valence-electron chi connectivity index (χ1n) is 15.2. The first kappa shape index (κ1) is 31.5. The van der Waals surface area contributed by atoms with Crippen LogP contribution in [0.2, 0.25) is 0 Å². The third-order valence-electron chi connectivity index (χ3n) is 10.8. The highest BCUT2D eigenvalue weighted by molar-refractivity contribution is 5.51. The minimum absolute atomic E-state index is 0.124. The molecule has 1 aromatic rings. The highest BCUT2D eigenvalue weighted by Gasteiger charge is 2.51. The summed E-state index contributed by atoms with van der Waals surface area (Å²) in [5, 5.41) is 11.6. The fraction of sp³-hybridized carbons (Fsp3) is 0.829. The number of aromatic hydroxyl groups is 1. The van der Waals surface area contributed by atoms with Crippen LogP contribution in [0.3, 0.4) is 0 Å². The Kier molecular flexibility index (Phi) is 7.87. The summed E-state index contributed by atoms with van der Waals surface area (Å²) in [4.78, 5) is 5.24. The minimum Gasteiger partial charge on any atom is -0.507 e. The molecule has 0 atom stereocenters. The molecule has 0 amide bonds. The fourth-order valence-electron chi connectivity index (χ4n) is 8.33. The van der Waals surface area contributed by atoms with E-state index in [9.17, 15) is 5.11 Å². The molecule has 3 nitrogen and oxygen atoms in total. The molecule has 218 valence electrons. The molecule has 3 rings (SSSR count). The molecule has 2 aliphatic rings. The summed E-state index contributed by atoms with van der Waals surface area (Å²) in [6.07, 6.45) is 4.78. The first-order chi connectivity index (χ1) is 16.8. The zero-order valence-corrected chi connectivity index (χ0v) is 28.1. The predicted molar refractivity (Wildman–Crippen MR) is 166 cm³/mol. The van der Waals surface area contributed by atoms with Crippen molar-refractivity contribution in [1.82, 2.24) is 9.80 Å². The van der Waals surface area contributed by atoms with E-state index in [-0.39, 0.29) is 33.0 Å². The van der Waals surface area contributed by atoms with Crippen molar-refractivity contribution in [1.29, 1.82) is 0 Å². The maximum Gasteiger partial charge on any atom is 0.123 e. The molecule has 2 heterocycles. The van der Waals surface area contributed by atoms with E-state index in [0.717, 1.165) is 11.1 Å². The van der Waals surface area contributed by atoms with E-state index in [0.29, 0.717) is 23.5 Å². The number of hydrogen-bond donors (Lipinski definition) is 1. The lowest BCUT2D eigenvalue weighted by Crippen LogP contribution is -2.61. The Labute approximate surface area is 236 Å². The van der Waals surface area contributed by atoms with Gasteiger partial charge >= 0.3 is 0 Å². The lowest BCUT2D eigenvalue weighted by Gasteiger charge is -2.59. The van der Waals surface area contributed by atoms with Gasteiger partial charge in [0.1, 0.15) is 5.75 Å². The van der Waals surface area contributed by atoms with Gasteiger partial charge in [0.05, 0.1) is 0 Å². The molecular weight excluding hydrogens is 464 g/mol. The van der Waals surface area contributed by atoms with Gasteiger partial charge in [-0.3, -0.25) is 9.80 Å². The van der Waals surface area contributed by atoms with Gasteiger partial charge < -0.3 is 5.11 Å². The Morgan fingerprint density at radius 2 is 0.895 bits per heavy atom. The third kappa shape index (κ3) is 5.85. The van der Waals surface area contributed by atoms with Gasteiger partial charge in [-0.1, -0.05) is 53.7 Å². The fourth-order valence-corrected chi connectivity index (χ4v) is 8.33. The first-order valence-corrected chi connectivity index (χ1v) is 15.2.